The third kappa shape index (κ3) is 5.19. The maximum Gasteiger partial charge on any atom is 0.322 e. The number of hydrogen-bond acceptors (Lipinski definition) is 5. The van der Waals surface area contributed by atoms with Gasteiger partial charge < -0.3 is 15.6 Å². The molecule has 0 aromatic heterocycles. The number of esters is 1. The smallest absolute Gasteiger partial charge is 0.322 e. The van der Waals surface area contributed by atoms with Crippen LogP contribution < -0.4 is 5.73 Å². The molecule has 3 N–H and O–H groups in total. The third-order valence-electron chi connectivity index (χ3n) is 2.88. The molecule has 0 spiro atoms. The summed E-state index contributed by atoms with van der Waals surface area (Å²) in [5.74, 6) is -3.63. The van der Waals surface area contributed by atoms with Gasteiger partial charge in [0.25, 0.3) is 0 Å². The number of ether oxygens (including phenoxy) is 1. The number of carboxylic acid groups (broad SMARTS) is 1. The molecule has 0 aliphatic rings. The Morgan fingerprint density at radius 2 is 2.05 bits per heavy atom. The Hall–Kier alpha value is -2.39. The van der Waals surface area contributed by atoms with Crippen molar-refractivity contribution in [2.24, 2.45) is 11.7 Å². The quantitative estimate of drug-likeness (QED) is 0.629. The highest BCUT2D eigenvalue weighted by atomic mass is 16.6. The fourth-order valence-corrected chi connectivity index (χ4v) is 1.98. The second-order valence-corrected chi connectivity index (χ2v) is 6.03. The zero-order valence-electron chi connectivity index (χ0n) is 12.9. The second kappa shape index (κ2) is 7.05. The van der Waals surface area contributed by atoms with Gasteiger partial charge in [0, 0.05) is 6.04 Å². The molecule has 0 aliphatic heterocycles. The van der Waals surface area contributed by atoms with Crippen molar-refractivity contribution in [3.63, 3.8) is 0 Å². The topological polar surface area (TPSA) is 113 Å². The molecule has 0 saturated carbocycles. The van der Waals surface area contributed by atoms with Crippen molar-refractivity contribution < 1.29 is 19.4 Å². The van der Waals surface area contributed by atoms with E-state index in [4.69, 9.17) is 15.7 Å². The van der Waals surface area contributed by atoms with Gasteiger partial charge >= 0.3 is 11.9 Å². The Morgan fingerprint density at radius 1 is 1.41 bits per heavy atom. The van der Waals surface area contributed by atoms with E-state index in [1.165, 1.54) is 0 Å². The van der Waals surface area contributed by atoms with Crippen molar-refractivity contribution in [2.45, 2.75) is 38.8 Å². The minimum absolute atomic E-state index is 0.158. The van der Waals surface area contributed by atoms with Gasteiger partial charge in [0.15, 0.2) is 5.92 Å². The number of nitrogens with two attached hydrogens (primary N) is 1. The fourth-order valence-electron chi connectivity index (χ4n) is 1.98. The Labute approximate surface area is 129 Å². The molecule has 2 unspecified atom stereocenters. The van der Waals surface area contributed by atoms with Crippen molar-refractivity contribution in [1.29, 1.82) is 5.26 Å². The lowest BCUT2D eigenvalue weighted by atomic mass is 9.93. The fraction of sp³-hybridized carbons (Fsp3) is 0.438. The molecule has 0 aliphatic carbocycles. The molecule has 0 amide bonds. The van der Waals surface area contributed by atoms with Crippen LogP contribution >= 0.6 is 0 Å². The lowest BCUT2D eigenvalue weighted by Crippen LogP contribution is -2.45. The van der Waals surface area contributed by atoms with E-state index in [9.17, 15) is 14.7 Å². The zero-order chi connectivity index (χ0) is 16.9. The minimum Gasteiger partial charge on any atom is -0.481 e. The Kier molecular flexibility index (Phi) is 5.66. The van der Waals surface area contributed by atoms with Crippen LogP contribution in [0.4, 0.5) is 0 Å². The SMILES string of the molecule is CC(C)(C)OC(=O)C(C(=O)O)C(N)Cc1cccc(C#N)c1. The molecule has 22 heavy (non-hydrogen) atoms. The molecule has 1 aromatic carbocycles. The molecule has 1 aromatic rings. The second-order valence-electron chi connectivity index (χ2n) is 6.03. The average molecular weight is 304 g/mol. The normalized spacial score (nSPS) is 13.8. The van der Waals surface area contributed by atoms with E-state index >= 15 is 0 Å². The van der Waals surface area contributed by atoms with Gasteiger partial charge in [0.2, 0.25) is 0 Å². The van der Waals surface area contributed by atoms with Gasteiger partial charge in [0.05, 0.1) is 11.6 Å². The van der Waals surface area contributed by atoms with Crippen LogP contribution in [0.2, 0.25) is 0 Å². The predicted molar refractivity (Wildman–Crippen MR) is 79.8 cm³/mol. The van der Waals surface area contributed by atoms with Gasteiger partial charge in [-0.1, -0.05) is 12.1 Å². The van der Waals surface area contributed by atoms with Gasteiger partial charge in [-0.05, 0) is 44.9 Å². The van der Waals surface area contributed by atoms with E-state index in [0.29, 0.717) is 11.1 Å². The van der Waals surface area contributed by atoms with E-state index in [1.807, 2.05) is 6.07 Å². The number of benzene rings is 1. The molecule has 0 bridgehead atoms. The van der Waals surface area contributed by atoms with Crippen molar-refractivity contribution in [3.8, 4) is 6.07 Å². The molecule has 0 radical (unpaired) electrons. The molecular formula is C16H20N2O4. The average Bonchev–Trinajstić information content (AvgIpc) is 2.36. The number of carbonyl (C=O) groups excluding carboxylic acids is 1. The number of nitrogens with zero attached hydrogens (tertiary/aromatic N) is 1. The van der Waals surface area contributed by atoms with Crippen LogP contribution in [0.3, 0.4) is 0 Å². The standard InChI is InChI=1S/C16H20N2O4/c1-16(2,3)22-15(21)13(14(19)20)12(18)8-10-5-4-6-11(7-10)9-17/h4-7,12-13H,8,18H2,1-3H3,(H,19,20). The first-order valence-electron chi connectivity index (χ1n) is 6.84. The first-order valence-corrected chi connectivity index (χ1v) is 6.84. The molecular weight excluding hydrogens is 284 g/mol. The third-order valence-corrected chi connectivity index (χ3v) is 2.88. The summed E-state index contributed by atoms with van der Waals surface area (Å²) in [7, 11) is 0. The van der Waals surface area contributed by atoms with Crippen molar-refractivity contribution in [1.82, 2.24) is 0 Å². The van der Waals surface area contributed by atoms with E-state index in [2.05, 4.69) is 0 Å². The largest absolute Gasteiger partial charge is 0.481 e. The van der Waals surface area contributed by atoms with Gasteiger partial charge in [-0.2, -0.15) is 5.26 Å². The molecule has 6 heteroatoms. The lowest BCUT2D eigenvalue weighted by Gasteiger charge is -2.25. The summed E-state index contributed by atoms with van der Waals surface area (Å²) >= 11 is 0. The summed E-state index contributed by atoms with van der Waals surface area (Å²) in [4.78, 5) is 23.4. The number of hydrogen-bond donors (Lipinski definition) is 2. The van der Waals surface area contributed by atoms with E-state index in [-0.39, 0.29) is 6.42 Å². The maximum absolute atomic E-state index is 12.0. The number of nitriles is 1. The summed E-state index contributed by atoms with van der Waals surface area (Å²) in [5, 5.41) is 18.1. The van der Waals surface area contributed by atoms with Crippen LogP contribution in [0, 0.1) is 17.2 Å². The summed E-state index contributed by atoms with van der Waals surface area (Å²) < 4.78 is 5.11. The molecule has 0 fully saturated rings. The number of carbonyl (C=O) groups is 2. The van der Waals surface area contributed by atoms with Crippen molar-refractivity contribution in [3.05, 3.63) is 35.4 Å². The first kappa shape index (κ1) is 17.7. The van der Waals surface area contributed by atoms with Crippen LogP contribution in [0.1, 0.15) is 31.9 Å². The predicted octanol–water partition coefficient (Wildman–Crippen LogP) is 1.47. The van der Waals surface area contributed by atoms with Crippen LogP contribution in [-0.2, 0) is 20.7 Å². The lowest BCUT2D eigenvalue weighted by molar-refractivity contribution is -0.167. The number of rotatable bonds is 5. The molecule has 2 atom stereocenters. The first-order chi connectivity index (χ1) is 10.1. The van der Waals surface area contributed by atoms with Crippen LogP contribution in [0.5, 0.6) is 0 Å². The molecule has 1 rings (SSSR count). The van der Waals surface area contributed by atoms with Crippen LogP contribution in [-0.4, -0.2) is 28.7 Å². The highest BCUT2D eigenvalue weighted by Gasteiger charge is 2.36. The molecule has 6 nitrogen and oxygen atoms in total. The Balaban J connectivity index is 2.90. The summed E-state index contributed by atoms with van der Waals surface area (Å²) in [6.45, 7) is 4.98. The van der Waals surface area contributed by atoms with Gasteiger partial charge in [-0.25, -0.2) is 0 Å². The van der Waals surface area contributed by atoms with Crippen LogP contribution in [0.25, 0.3) is 0 Å². The highest BCUT2D eigenvalue weighted by Crippen LogP contribution is 2.17. The van der Waals surface area contributed by atoms with Gasteiger partial charge in [-0.3, -0.25) is 9.59 Å². The van der Waals surface area contributed by atoms with Gasteiger partial charge in [0.1, 0.15) is 5.60 Å². The maximum atomic E-state index is 12.0. The Bertz CT molecular complexity index is 599. The zero-order valence-corrected chi connectivity index (χ0v) is 12.9. The van der Waals surface area contributed by atoms with E-state index < -0.39 is 29.5 Å². The summed E-state index contributed by atoms with van der Waals surface area (Å²) in [6, 6.07) is 7.73. The number of carboxylic acids is 1. The van der Waals surface area contributed by atoms with Crippen molar-refractivity contribution >= 4 is 11.9 Å². The van der Waals surface area contributed by atoms with E-state index in [1.54, 1.807) is 45.0 Å². The van der Waals surface area contributed by atoms with Crippen LogP contribution in [0.15, 0.2) is 24.3 Å². The Morgan fingerprint density at radius 3 is 2.55 bits per heavy atom. The molecule has 0 heterocycles. The summed E-state index contributed by atoms with van der Waals surface area (Å²) in [5.41, 5.74) is 6.26. The number of aliphatic carboxylic acids is 1. The molecule has 118 valence electrons. The van der Waals surface area contributed by atoms with Crippen molar-refractivity contribution in [2.75, 3.05) is 0 Å². The monoisotopic (exact) mass is 304 g/mol. The highest BCUT2D eigenvalue weighted by molar-refractivity contribution is 5.95. The molecule has 0 saturated heterocycles. The minimum atomic E-state index is -1.45. The van der Waals surface area contributed by atoms with E-state index in [0.717, 1.165) is 0 Å². The van der Waals surface area contributed by atoms with Gasteiger partial charge in [-0.15, -0.1) is 0 Å². The summed E-state index contributed by atoms with van der Waals surface area (Å²) in [6.07, 6.45) is 0.158.